The van der Waals surface area contributed by atoms with Crippen LogP contribution in [0.15, 0.2) is 36.5 Å². The molecule has 3 aromatic rings. The van der Waals surface area contributed by atoms with Crippen molar-refractivity contribution in [1.82, 2.24) is 25.1 Å². The molecule has 3 amide bonds. The number of aromatic nitrogens is 2. The van der Waals surface area contributed by atoms with E-state index in [0.29, 0.717) is 25.9 Å². The summed E-state index contributed by atoms with van der Waals surface area (Å²) in [7, 11) is 1.45. The molecule has 2 aromatic carbocycles. The van der Waals surface area contributed by atoms with Gasteiger partial charge < -0.3 is 35.3 Å². The number of piperidine rings is 1. The summed E-state index contributed by atoms with van der Waals surface area (Å²) in [6.45, 7) is 1.20. The van der Waals surface area contributed by atoms with Crippen molar-refractivity contribution in [3.63, 3.8) is 0 Å². The molecule has 0 unspecified atom stereocenters. The number of carbonyl (C=O) groups excluding carboxylic acids is 3. The number of aliphatic carboxylic acids is 1. The number of carboxylic acids is 1. The van der Waals surface area contributed by atoms with Crippen molar-refractivity contribution in [3.8, 4) is 17.0 Å². The van der Waals surface area contributed by atoms with Gasteiger partial charge in [-0.05, 0) is 56.1 Å². The van der Waals surface area contributed by atoms with Crippen molar-refractivity contribution in [2.45, 2.75) is 31.5 Å². The lowest BCUT2D eigenvalue weighted by Crippen LogP contribution is -2.45. The predicted octanol–water partition coefficient (Wildman–Crippen LogP) is 4.54. The number of imidazole rings is 1. The minimum absolute atomic E-state index is 0.0251. The van der Waals surface area contributed by atoms with E-state index in [2.05, 4.69) is 25.7 Å². The number of hydrogen-bond donors (Lipinski definition) is 4. The molecule has 0 aliphatic carbocycles. The molecule has 19 heteroatoms. The zero-order chi connectivity index (χ0) is 36.7. The van der Waals surface area contributed by atoms with Crippen molar-refractivity contribution in [3.05, 3.63) is 64.6 Å². The summed E-state index contributed by atoms with van der Waals surface area (Å²) in [4.78, 5) is 53.3. The fourth-order valence-electron chi connectivity index (χ4n) is 5.34. The molecule has 2 fully saturated rings. The SMILES string of the molecule is Cn1c(-c2ccc(OCF)c(F)c2F)cnc1C(=O)Nc1ccc(C(=O)N2CCC(C(=O)N[C@@H]3CCNC3)CC2)c(Cl)c1.O=C(O)C(F)(F)F. The van der Waals surface area contributed by atoms with Crippen LogP contribution in [0, 0.1) is 17.6 Å². The lowest BCUT2D eigenvalue weighted by Gasteiger charge is -2.32. The summed E-state index contributed by atoms with van der Waals surface area (Å²) in [6, 6.07) is 6.90. The Hall–Kier alpha value is -4.84. The minimum atomic E-state index is -5.08. The molecule has 4 N–H and O–H groups in total. The van der Waals surface area contributed by atoms with E-state index in [0.717, 1.165) is 25.6 Å². The van der Waals surface area contributed by atoms with Gasteiger partial charge in [-0.2, -0.15) is 17.6 Å². The van der Waals surface area contributed by atoms with Gasteiger partial charge >= 0.3 is 12.1 Å². The van der Waals surface area contributed by atoms with E-state index in [4.69, 9.17) is 21.5 Å². The highest BCUT2D eigenvalue weighted by molar-refractivity contribution is 6.34. The number of nitrogens with one attached hydrogen (secondary N) is 3. The summed E-state index contributed by atoms with van der Waals surface area (Å²) < 4.78 is 78.7. The van der Waals surface area contributed by atoms with Crippen molar-refractivity contribution < 1.29 is 55.4 Å². The van der Waals surface area contributed by atoms with Crippen LogP contribution in [0.5, 0.6) is 5.75 Å². The highest BCUT2D eigenvalue weighted by Gasteiger charge is 2.38. The topological polar surface area (TPSA) is 155 Å². The molecule has 0 spiro atoms. The Morgan fingerprint density at radius 1 is 1.08 bits per heavy atom. The second-order valence-electron chi connectivity index (χ2n) is 11.2. The number of alkyl halides is 4. The molecule has 0 saturated carbocycles. The number of amides is 3. The molecular weight excluding hydrogens is 702 g/mol. The second-order valence-corrected chi connectivity index (χ2v) is 11.6. The maximum Gasteiger partial charge on any atom is 0.490 e. The first kappa shape index (κ1) is 38.0. The molecule has 2 aliphatic rings. The van der Waals surface area contributed by atoms with Crippen LogP contribution in [-0.2, 0) is 16.6 Å². The number of anilines is 1. The first-order valence-corrected chi connectivity index (χ1v) is 15.4. The van der Waals surface area contributed by atoms with Gasteiger partial charge in [0.15, 0.2) is 17.4 Å². The summed E-state index contributed by atoms with van der Waals surface area (Å²) in [6.07, 6.45) is -1.85. The summed E-state index contributed by atoms with van der Waals surface area (Å²) in [5.41, 5.74) is 0.456. The minimum Gasteiger partial charge on any atom is -0.475 e. The Balaban J connectivity index is 0.000000727. The van der Waals surface area contributed by atoms with Crippen LogP contribution in [0.3, 0.4) is 0 Å². The van der Waals surface area contributed by atoms with Crippen LogP contribution >= 0.6 is 11.6 Å². The van der Waals surface area contributed by atoms with Crippen molar-refractivity contribution in [1.29, 1.82) is 0 Å². The van der Waals surface area contributed by atoms with Gasteiger partial charge in [-0.15, -0.1) is 0 Å². The first-order valence-electron chi connectivity index (χ1n) is 15.0. The smallest absolute Gasteiger partial charge is 0.475 e. The Morgan fingerprint density at radius 2 is 1.76 bits per heavy atom. The average molecular weight is 733 g/mol. The van der Waals surface area contributed by atoms with Crippen molar-refractivity contribution >= 4 is 41.0 Å². The Labute approximate surface area is 285 Å². The van der Waals surface area contributed by atoms with Crippen LogP contribution in [0.2, 0.25) is 5.02 Å². The molecule has 3 heterocycles. The van der Waals surface area contributed by atoms with Crippen LogP contribution in [0.1, 0.15) is 40.2 Å². The number of hydrogen-bond acceptors (Lipinski definition) is 7. The summed E-state index contributed by atoms with van der Waals surface area (Å²) >= 11 is 6.43. The zero-order valence-corrected chi connectivity index (χ0v) is 27.0. The molecule has 270 valence electrons. The molecule has 50 heavy (non-hydrogen) atoms. The maximum absolute atomic E-state index is 14.6. The Kier molecular flexibility index (Phi) is 12.3. The third-order valence-corrected chi connectivity index (χ3v) is 8.30. The number of benzene rings is 2. The van der Waals surface area contributed by atoms with Crippen LogP contribution in [-0.4, -0.2) is 88.5 Å². The third kappa shape index (κ3) is 9.03. The standard InChI is InChI=1S/C29H30ClF3N6O4.C2HF3O2/c1-38-22(20-4-5-23(43-15-31)25(33)24(20)32)14-35-26(38)28(41)36-17-2-3-19(21(30)12-17)29(42)39-10-7-16(8-11-39)27(40)37-18-6-9-34-13-18;3-2(4,5)1(6)7/h2-5,12,14,16,18,34H,6-11,13,15H2,1H3,(H,36,41)(H,37,40);(H,6,7)/t18-;/m1./s1. The normalized spacial score (nSPS) is 16.3. The molecule has 2 saturated heterocycles. The van der Waals surface area contributed by atoms with E-state index < -0.39 is 42.3 Å². The van der Waals surface area contributed by atoms with Gasteiger partial charge in [-0.1, -0.05) is 11.6 Å². The lowest BCUT2D eigenvalue weighted by atomic mass is 9.95. The van der Waals surface area contributed by atoms with Gasteiger partial charge in [0.25, 0.3) is 11.8 Å². The number of carbonyl (C=O) groups is 4. The molecule has 5 rings (SSSR count). The molecule has 0 bridgehead atoms. The molecule has 0 radical (unpaired) electrons. The van der Waals surface area contributed by atoms with Gasteiger partial charge in [0.05, 0.1) is 22.5 Å². The highest BCUT2D eigenvalue weighted by Crippen LogP contribution is 2.31. The maximum atomic E-state index is 14.6. The van der Waals surface area contributed by atoms with Crippen LogP contribution in [0.25, 0.3) is 11.3 Å². The monoisotopic (exact) mass is 732 g/mol. The lowest BCUT2D eigenvalue weighted by molar-refractivity contribution is -0.192. The van der Waals surface area contributed by atoms with E-state index in [1.807, 2.05) is 0 Å². The highest BCUT2D eigenvalue weighted by atomic mass is 35.5. The van der Waals surface area contributed by atoms with Crippen molar-refractivity contribution in [2.75, 3.05) is 38.4 Å². The number of ether oxygens (including phenoxy) is 1. The van der Waals surface area contributed by atoms with Gasteiger partial charge in [-0.25, -0.2) is 18.6 Å². The molecular formula is C31H31ClF6N6O6. The number of halogens is 7. The molecule has 2 aliphatic heterocycles. The molecule has 1 atom stereocenters. The average Bonchev–Trinajstić information content (AvgIpc) is 3.72. The molecule has 12 nitrogen and oxygen atoms in total. The van der Waals surface area contributed by atoms with E-state index >= 15 is 0 Å². The number of likely N-dealkylation sites (tertiary alicyclic amines) is 1. The fourth-order valence-corrected chi connectivity index (χ4v) is 5.60. The molecule has 1 aromatic heterocycles. The predicted molar refractivity (Wildman–Crippen MR) is 166 cm³/mol. The third-order valence-electron chi connectivity index (χ3n) is 7.98. The fraction of sp³-hybridized carbons (Fsp3) is 0.387. The van der Waals surface area contributed by atoms with Crippen molar-refractivity contribution in [2.24, 2.45) is 13.0 Å². The van der Waals surface area contributed by atoms with Gasteiger partial charge in [0.2, 0.25) is 18.6 Å². The first-order chi connectivity index (χ1) is 23.6. The number of carboxylic acid groups (broad SMARTS) is 1. The number of rotatable bonds is 8. The van der Waals surface area contributed by atoms with Gasteiger partial charge in [0, 0.05) is 49.9 Å². The van der Waals surface area contributed by atoms with Gasteiger partial charge in [0.1, 0.15) is 0 Å². The van der Waals surface area contributed by atoms with E-state index in [1.54, 1.807) is 4.90 Å². The second kappa shape index (κ2) is 16.2. The van der Waals surface area contributed by atoms with Gasteiger partial charge in [-0.3, -0.25) is 14.4 Å². The van der Waals surface area contributed by atoms with E-state index in [9.17, 15) is 40.7 Å². The van der Waals surface area contributed by atoms with E-state index in [-0.39, 0.29) is 57.1 Å². The Bertz CT molecular complexity index is 1740. The quantitative estimate of drug-likeness (QED) is 0.246. The summed E-state index contributed by atoms with van der Waals surface area (Å²) in [5, 5.41) is 16.2. The van der Waals surface area contributed by atoms with Crippen LogP contribution < -0.4 is 20.7 Å². The largest absolute Gasteiger partial charge is 0.490 e. The summed E-state index contributed by atoms with van der Waals surface area (Å²) in [5.74, 6) is -7.12. The van der Waals surface area contributed by atoms with E-state index in [1.165, 1.54) is 42.1 Å². The number of nitrogens with zero attached hydrogens (tertiary/aromatic N) is 3. The zero-order valence-electron chi connectivity index (χ0n) is 26.3. The van der Waals surface area contributed by atoms with Crippen LogP contribution in [0.4, 0.5) is 32.0 Å². The Morgan fingerprint density at radius 3 is 2.34 bits per heavy atom.